The molecule has 0 bridgehead atoms. The van der Waals surface area contributed by atoms with Gasteiger partial charge in [-0.25, -0.2) is 0 Å². The first-order valence-electron chi connectivity index (χ1n) is 5.75. The van der Waals surface area contributed by atoms with Gasteiger partial charge in [0.05, 0.1) is 4.92 Å². The molecule has 0 aliphatic heterocycles. The molecule has 0 atom stereocenters. The van der Waals surface area contributed by atoms with Gasteiger partial charge in [0.1, 0.15) is 0 Å². The number of anilines is 1. The van der Waals surface area contributed by atoms with Gasteiger partial charge in [-0.05, 0) is 44.0 Å². The van der Waals surface area contributed by atoms with Gasteiger partial charge in [0.25, 0.3) is 0 Å². The lowest BCUT2D eigenvalue weighted by Crippen LogP contribution is -2.21. The summed E-state index contributed by atoms with van der Waals surface area (Å²) in [5, 5.41) is 10.3. The van der Waals surface area contributed by atoms with E-state index in [0.29, 0.717) is 0 Å². The van der Waals surface area contributed by atoms with Crippen LogP contribution < -0.4 is 4.90 Å². The Kier molecular flexibility index (Phi) is 4.69. The van der Waals surface area contributed by atoms with Crippen LogP contribution in [-0.2, 0) is 0 Å². The molecular formula is C13H18N2O2. The van der Waals surface area contributed by atoms with Crippen molar-refractivity contribution in [3.63, 3.8) is 0 Å². The fraction of sp³-hybridized carbons (Fsp3) is 0.385. The van der Waals surface area contributed by atoms with Crippen LogP contribution in [-0.4, -0.2) is 18.0 Å². The molecular weight excluding hydrogens is 216 g/mol. The molecule has 0 amide bonds. The predicted molar refractivity (Wildman–Crippen MR) is 70.8 cm³/mol. The summed E-state index contributed by atoms with van der Waals surface area (Å²) in [6.45, 7) is 8.10. The Bertz CT molecular complexity index is 423. The van der Waals surface area contributed by atoms with Crippen LogP contribution in [0, 0.1) is 17.0 Å². The molecule has 1 aromatic carbocycles. The summed E-state index contributed by atoms with van der Waals surface area (Å²) in [4.78, 5) is 12.1. The molecule has 1 aromatic rings. The highest BCUT2D eigenvalue weighted by molar-refractivity contribution is 5.59. The standard InChI is InChI=1S/C13H18N2O2/c1-4-14(5-2)13-7-6-12(11(3)10-13)8-9-15(16)17/h6-10H,4-5H2,1-3H3/b9-8+. The van der Waals surface area contributed by atoms with Crippen LogP contribution in [0.15, 0.2) is 24.4 Å². The van der Waals surface area contributed by atoms with Crippen molar-refractivity contribution in [2.24, 2.45) is 0 Å². The molecule has 0 aromatic heterocycles. The molecule has 4 heteroatoms. The zero-order valence-corrected chi connectivity index (χ0v) is 10.5. The molecule has 0 aliphatic carbocycles. The van der Waals surface area contributed by atoms with Crippen molar-refractivity contribution in [1.29, 1.82) is 0 Å². The molecule has 0 unspecified atom stereocenters. The van der Waals surface area contributed by atoms with Crippen molar-refractivity contribution < 1.29 is 4.92 Å². The third-order valence-corrected chi connectivity index (χ3v) is 2.76. The highest BCUT2D eigenvalue weighted by atomic mass is 16.6. The first-order chi connectivity index (χ1) is 8.08. The Morgan fingerprint density at radius 2 is 2.00 bits per heavy atom. The Hall–Kier alpha value is -1.84. The minimum Gasteiger partial charge on any atom is -0.372 e. The molecule has 0 N–H and O–H groups in total. The van der Waals surface area contributed by atoms with Crippen LogP contribution in [0.4, 0.5) is 5.69 Å². The average Bonchev–Trinajstić information content (AvgIpc) is 2.29. The fourth-order valence-corrected chi connectivity index (χ4v) is 1.77. The molecule has 0 aliphatic rings. The highest BCUT2D eigenvalue weighted by Gasteiger charge is 2.03. The van der Waals surface area contributed by atoms with Gasteiger partial charge in [0, 0.05) is 24.9 Å². The van der Waals surface area contributed by atoms with Crippen LogP contribution in [0.25, 0.3) is 6.08 Å². The number of aryl methyl sites for hydroxylation is 1. The molecule has 0 spiro atoms. The Balaban J connectivity index is 2.97. The number of benzene rings is 1. The van der Waals surface area contributed by atoms with Crippen LogP contribution in [0.5, 0.6) is 0 Å². The molecule has 0 fully saturated rings. The quantitative estimate of drug-likeness (QED) is 0.581. The van der Waals surface area contributed by atoms with E-state index >= 15 is 0 Å². The summed E-state index contributed by atoms with van der Waals surface area (Å²) >= 11 is 0. The lowest BCUT2D eigenvalue weighted by molar-refractivity contribution is -0.400. The van der Waals surface area contributed by atoms with Gasteiger partial charge in [0.15, 0.2) is 0 Å². The molecule has 92 valence electrons. The van der Waals surface area contributed by atoms with E-state index in [1.54, 1.807) is 0 Å². The summed E-state index contributed by atoms with van der Waals surface area (Å²) in [5.41, 5.74) is 3.09. The molecule has 0 radical (unpaired) electrons. The summed E-state index contributed by atoms with van der Waals surface area (Å²) in [7, 11) is 0. The maximum absolute atomic E-state index is 10.3. The van der Waals surface area contributed by atoms with E-state index in [1.165, 1.54) is 6.08 Å². The van der Waals surface area contributed by atoms with E-state index in [4.69, 9.17) is 0 Å². The molecule has 0 saturated heterocycles. The zero-order valence-electron chi connectivity index (χ0n) is 10.5. The number of rotatable bonds is 5. The summed E-state index contributed by atoms with van der Waals surface area (Å²) in [6.07, 6.45) is 2.50. The zero-order chi connectivity index (χ0) is 12.8. The lowest BCUT2D eigenvalue weighted by atomic mass is 10.1. The third kappa shape index (κ3) is 3.59. The van der Waals surface area contributed by atoms with Crippen molar-refractivity contribution in [3.8, 4) is 0 Å². The Morgan fingerprint density at radius 3 is 2.47 bits per heavy atom. The second-order valence-corrected chi connectivity index (χ2v) is 3.81. The minimum atomic E-state index is -0.447. The van der Waals surface area contributed by atoms with Gasteiger partial charge in [-0.3, -0.25) is 10.1 Å². The highest BCUT2D eigenvalue weighted by Crippen LogP contribution is 2.19. The van der Waals surface area contributed by atoms with Gasteiger partial charge >= 0.3 is 0 Å². The van der Waals surface area contributed by atoms with Crippen LogP contribution >= 0.6 is 0 Å². The number of hydrogen-bond donors (Lipinski definition) is 0. The molecule has 1 rings (SSSR count). The Morgan fingerprint density at radius 1 is 1.35 bits per heavy atom. The molecule has 0 saturated carbocycles. The summed E-state index contributed by atoms with van der Waals surface area (Å²) in [6, 6.07) is 5.98. The predicted octanol–water partition coefficient (Wildman–Crippen LogP) is 3.09. The SMILES string of the molecule is CCN(CC)c1ccc(/C=C/[N+](=O)[O-])c(C)c1. The van der Waals surface area contributed by atoms with E-state index in [-0.39, 0.29) is 0 Å². The van der Waals surface area contributed by atoms with Gasteiger partial charge in [-0.1, -0.05) is 6.07 Å². The number of nitro groups is 1. The first kappa shape index (κ1) is 13.2. The minimum absolute atomic E-state index is 0.447. The average molecular weight is 234 g/mol. The second kappa shape index (κ2) is 6.03. The third-order valence-electron chi connectivity index (χ3n) is 2.76. The van der Waals surface area contributed by atoms with Gasteiger partial charge in [-0.2, -0.15) is 0 Å². The lowest BCUT2D eigenvalue weighted by Gasteiger charge is -2.21. The van der Waals surface area contributed by atoms with Gasteiger partial charge in [-0.15, -0.1) is 0 Å². The number of nitrogens with zero attached hydrogens (tertiary/aromatic N) is 2. The van der Waals surface area contributed by atoms with E-state index in [9.17, 15) is 10.1 Å². The van der Waals surface area contributed by atoms with Crippen LogP contribution in [0.2, 0.25) is 0 Å². The topological polar surface area (TPSA) is 46.4 Å². The Labute approximate surface area is 102 Å². The summed E-state index contributed by atoms with van der Waals surface area (Å²) in [5.74, 6) is 0. The van der Waals surface area contributed by atoms with Crippen molar-refractivity contribution in [1.82, 2.24) is 0 Å². The molecule has 4 nitrogen and oxygen atoms in total. The van der Waals surface area contributed by atoms with E-state index in [1.807, 2.05) is 19.1 Å². The number of hydrogen-bond acceptors (Lipinski definition) is 3. The fourth-order valence-electron chi connectivity index (χ4n) is 1.77. The largest absolute Gasteiger partial charge is 0.372 e. The van der Waals surface area contributed by atoms with Gasteiger partial charge < -0.3 is 4.90 Å². The molecule has 17 heavy (non-hydrogen) atoms. The van der Waals surface area contributed by atoms with Crippen molar-refractivity contribution in [2.45, 2.75) is 20.8 Å². The smallest absolute Gasteiger partial charge is 0.235 e. The maximum atomic E-state index is 10.3. The van der Waals surface area contributed by atoms with Gasteiger partial charge in [0.2, 0.25) is 6.20 Å². The van der Waals surface area contributed by atoms with E-state index in [0.717, 1.165) is 36.1 Å². The van der Waals surface area contributed by atoms with Crippen molar-refractivity contribution in [3.05, 3.63) is 45.6 Å². The molecule has 0 heterocycles. The van der Waals surface area contributed by atoms with Crippen molar-refractivity contribution in [2.75, 3.05) is 18.0 Å². The normalized spacial score (nSPS) is 10.8. The monoisotopic (exact) mass is 234 g/mol. The summed E-state index contributed by atoms with van der Waals surface area (Å²) < 4.78 is 0. The maximum Gasteiger partial charge on any atom is 0.235 e. The second-order valence-electron chi connectivity index (χ2n) is 3.81. The van der Waals surface area contributed by atoms with Crippen LogP contribution in [0.1, 0.15) is 25.0 Å². The van der Waals surface area contributed by atoms with E-state index in [2.05, 4.69) is 24.8 Å². The van der Waals surface area contributed by atoms with Crippen molar-refractivity contribution >= 4 is 11.8 Å². The first-order valence-corrected chi connectivity index (χ1v) is 5.75. The van der Waals surface area contributed by atoms with E-state index < -0.39 is 4.92 Å². The van der Waals surface area contributed by atoms with Crippen LogP contribution in [0.3, 0.4) is 0 Å².